The number of nitrogens with zero attached hydrogens (tertiary/aromatic N) is 1. The standard InChI is InChI=1S/C20H15ClN2O6S/c1-28-16-9-11(2-7-15(16)29-10-17(24)25)8-14-18(26)22-20(30)23(19(14)27)13-5-3-12(21)4-6-13/h2-9H,10H2,1H3,(H,24,25)(H,22,26,30)/b14-8+. The van der Waals surface area contributed by atoms with Crippen LogP contribution in [0.4, 0.5) is 5.69 Å². The molecule has 0 radical (unpaired) electrons. The fourth-order valence-electron chi connectivity index (χ4n) is 2.68. The minimum atomic E-state index is -1.13. The molecular weight excluding hydrogens is 432 g/mol. The van der Waals surface area contributed by atoms with Gasteiger partial charge in [0.05, 0.1) is 12.8 Å². The quantitative estimate of drug-likeness (QED) is 0.399. The van der Waals surface area contributed by atoms with E-state index in [1.54, 1.807) is 30.3 Å². The van der Waals surface area contributed by atoms with Gasteiger partial charge in [-0.25, -0.2) is 4.79 Å². The van der Waals surface area contributed by atoms with Gasteiger partial charge in [-0.1, -0.05) is 17.7 Å². The van der Waals surface area contributed by atoms with E-state index in [9.17, 15) is 14.4 Å². The van der Waals surface area contributed by atoms with Crippen LogP contribution in [0.15, 0.2) is 48.0 Å². The van der Waals surface area contributed by atoms with E-state index in [-0.39, 0.29) is 22.2 Å². The molecule has 1 aliphatic rings. The largest absolute Gasteiger partial charge is 0.493 e. The summed E-state index contributed by atoms with van der Waals surface area (Å²) in [6, 6.07) is 11.0. The monoisotopic (exact) mass is 446 g/mol. The molecule has 2 amide bonds. The number of aliphatic carboxylic acids is 1. The van der Waals surface area contributed by atoms with Crippen LogP contribution in [0.25, 0.3) is 6.08 Å². The number of carbonyl (C=O) groups is 3. The van der Waals surface area contributed by atoms with Crippen LogP contribution in [0.5, 0.6) is 11.5 Å². The molecule has 0 saturated carbocycles. The van der Waals surface area contributed by atoms with Crippen molar-refractivity contribution >= 4 is 58.5 Å². The summed E-state index contributed by atoms with van der Waals surface area (Å²) in [5, 5.41) is 11.7. The molecule has 10 heteroatoms. The van der Waals surface area contributed by atoms with Crippen LogP contribution in [-0.4, -0.2) is 41.7 Å². The van der Waals surface area contributed by atoms with E-state index < -0.39 is 24.4 Å². The van der Waals surface area contributed by atoms with E-state index in [0.29, 0.717) is 16.3 Å². The van der Waals surface area contributed by atoms with Gasteiger partial charge >= 0.3 is 5.97 Å². The van der Waals surface area contributed by atoms with Gasteiger partial charge in [0, 0.05) is 5.02 Å². The minimum Gasteiger partial charge on any atom is -0.493 e. The second-order valence-electron chi connectivity index (χ2n) is 6.03. The van der Waals surface area contributed by atoms with Gasteiger partial charge in [-0.05, 0) is 60.3 Å². The predicted octanol–water partition coefficient (Wildman–Crippen LogP) is 2.64. The SMILES string of the molecule is COc1cc(/C=C2\C(=O)NC(=S)N(c3ccc(Cl)cc3)C2=O)ccc1OCC(=O)O. The summed E-state index contributed by atoms with van der Waals surface area (Å²) in [4.78, 5) is 37.3. The summed E-state index contributed by atoms with van der Waals surface area (Å²) in [5.74, 6) is -1.91. The number of carboxylic acid groups (broad SMARTS) is 1. The zero-order valence-corrected chi connectivity index (χ0v) is 17.1. The number of benzene rings is 2. The molecule has 0 aromatic heterocycles. The molecule has 30 heavy (non-hydrogen) atoms. The maximum atomic E-state index is 13.0. The lowest BCUT2D eigenvalue weighted by Crippen LogP contribution is -2.54. The van der Waals surface area contributed by atoms with Crippen LogP contribution in [0.2, 0.25) is 5.02 Å². The molecule has 0 aliphatic carbocycles. The van der Waals surface area contributed by atoms with Gasteiger partial charge in [-0.3, -0.25) is 19.8 Å². The number of amides is 2. The fourth-order valence-corrected chi connectivity index (χ4v) is 3.09. The first-order valence-electron chi connectivity index (χ1n) is 8.50. The Bertz CT molecular complexity index is 1070. The van der Waals surface area contributed by atoms with E-state index in [0.717, 1.165) is 0 Å². The van der Waals surface area contributed by atoms with Crippen molar-refractivity contribution in [3.63, 3.8) is 0 Å². The molecule has 2 aromatic carbocycles. The number of anilines is 1. The molecule has 154 valence electrons. The zero-order valence-electron chi connectivity index (χ0n) is 15.5. The molecule has 0 unspecified atom stereocenters. The highest BCUT2D eigenvalue weighted by Crippen LogP contribution is 2.30. The maximum Gasteiger partial charge on any atom is 0.341 e. The van der Waals surface area contributed by atoms with Gasteiger partial charge in [0.15, 0.2) is 23.2 Å². The van der Waals surface area contributed by atoms with Crippen molar-refractivity contribution in [1.82, 2.24) is 5.32 Å². The first-order chi connectivity index (χ1) is 14.3. The van der Waals surface area contributed by atoms with Crippen LogP contribution in [-0.2, 0) is 14.4 Å². The van der Waals surface area contributed by atoms with Crippen molar-refractivity contribution in [1.29, 1.82) is 0 Å². The van der Waals surface area contributed by atoms with E-state index in [2.05, 4.69) is 5.32 Å². The number of nitrogens with one attached hydrogen (secondary N) is 1. The molecule has 2 aromatic rings. The van der Waals surface area contributed by atoms with Crippen molar-refractivity contribution in [3.05, 3.63) is 58.6 Å². The lowest BCUT2D eigenvalue weighted by atomic mass is 10.1. The number of halogens is 1. The zero-order chi connectivity index (χ0) is 21.8. The summed E-state index contributed by atoms with van der Waals surface area (Å²) in [5.41, 5.74) is 0.784. The van der Waals surface area contributed by atoms with Gasteiger partial charge in [0.2, 0.25) is 0 Å². The molecule has 0 atom stereocenters. The normalized spacial score (nSPS) is 15.2. The molecule has 3 rings (SSSR count). The Morgan fingerprint density at radius 2 is 1.90 bits per heavy atom. The Morgan fingerprint density at radius 3 is 2.53 bits per heavy atom. The Labute approximate surface area is 181 Å². The smallest absolute Gasteiger partial charge is 0.341 e. The van der Waals surface area contributed by atoms with Crippen LogP contribution in [0, 0.1) is 0 Å². The van der Waals surface area contributed by atoms with Crippen LogP contribution in [0.1, 0.15) is 5.56 Å². The van der Waals surface area contributed by atoms with Gasteiger partial charge in [0.1, 0.15) is 5.57 Å². The first-order valence-corrected chi connectivity index (χ1v) is 9.28. The number of hydrogen-bond acceptors (Lipinski definition) is 6. The van der Waals surface area contributed by atoms with E-state index >= 15 is 0 Å². The molecule has 2 N–H and O–H groups in total. The van der Waals surface area contributed by atoms with Gasteiger partial charge in [-0.2, -0.15) is 0 Å². The van der Waals surface area contributed by atoms with E-state index in [4.69, 9.17) is 38.4 Å². The average molecular weight is 447 g/mol. The van der Waals surface area contributed by atoms with E-state index in [1.807, 2.05) is 0 Å². The number of carbonyl (C=O) groups excluding carboxylic acids is 2. The second kappa shape index (κ2) is 8.93. The topological polar surface area (TPSA) is 105 Å². The number of carboxylic acids is 1. The lowest BCUT2D eigenvalue weighted by Gasteiger charge is -2.29. The first kappa shape index (κ1) is 21.3. The number of methoxy groups -OCH3 is 1. The average Bonchev–Trinajstić information content (AvgIpc) is 2.71. The van der Waals surface area contributed by atoms with Crippen molar-refractivity contribution in [3.8, 4) is 11.5 Å². The van der Waals surface area contributed by atoms with Crippen molar-refractivity contribution in [2.75, 3.05) is 18.6 Å². The maximum absolute atomic E-state index is 13.0. The van der Waals surface area contributed by atoms with Gasteiger partial charge in [-0.15, -0.1) is 0 Å². The Kier molecular flexibility index (Phi) is 6.34. The third-order valence-electron chi connectivity index (χ3n) is 4.04. The highest BCUT2D eigenvalue weighted by molar-refractivity contribution is 7.80. The van der Waals surface area contributed by atoms with Crippen LogP contribution < -0.4 is 19.7 Å². The molecule has 1 fully saturated rings. The second-order valence-corrected chi connectivity index (χ2v) is 6.85. The predicted molar refractivity (Wildman–Crippen MR) is 114 cm³/mol. The fraction of sp³-hybridized carbons (Fsp3) is 0.100. The summed E-state index contributed by atoms with van der Waals surface area (Å²) in [6.07, 6.45) is 1.38. The molecule has 1 aliphatic heterocycles. The molecular formula is C20H15ClN2O6S. The van der Waals surface area contributed by atoms with Crippen LogP contribution >= 0.6 is 23.8 Å². The molecule has 1 saturated heterocycles. The van der Waals surface area contributed by atoms with Crippen molar-refractivity contribution in [2.45, 2.75) is 0 Å². The Morgan fingerprint density at radius 1 is 1.20 bits per heavy atom. The molecule has 1 heterocycles. The van der Waals surface area contributed by atoms with Gasteiger partial charge < -0.3 is 14.6 Å². The molecule has 0 bridgehead atoms. The van der Waals surface area contributed by atoms with E-state index in [1.165, 1.54) is 30.2 Å². The highest BCUT2D eigenvalue weighted by Gasteiger charge is 2.34. The number of hydrogen-bond donors (Lipinski definition) is 2. The summed E-state index contributed by atoms with van der Waals surface area (Å²) in [7, 11) is 1.39. The lowest BCUT2D eigenvalue weighted by molar-refractivity contribution is -0.139. The summed E-state index contributed by atoms with van der Waals surface area (Å²) in [6.45, 7) is -0.537. The number of rotatable bonds is 6. The number of ether oxygens (including phenoxy) is 2. The Hall–Kier alpha value is -3.43. The molecule has 8 nitrogen and oxygen atoms in total. The minimum absolute atomic E-state index is 0.0422. The highest BCUT2D eigenvalue weighted by atomic mass is 35.5. The van der Waals surface area contributed by atoms with Crippen molar-refractivity contribution < 1.29 is 29.0 Å². The third kappa shape index (κ3) is 4.58. The Balaban J connectivity index is 1.94. The summed E-state index contributed by atoms with van der Waals surface area (Å²) < 4.78 is 10.4. The van der Waals surface area contributed by atoms with Gasteiger partial charge in [0.25, 0.3) is 11.8 Å². The third-order valence-corrected chi connectivity index (χ3v) is 4.57. The summed E-state index contributed by atoms with van der Waals surface area (Å²) >= 11 is 11.0. The molecule has 0 spiro atoms. The number of thiocarbonyl (C=S) groups is 1. The van der Waals surface area contributed by atoms with Crippen LogP contribution in [0.3, 0.4) is 0 Å². The van der Waals surface area contributed by atoms with Crippen molar-refractivity contribution in [2.24, 2.45) is 0 Å².